The highest BCUT2D eigenvalue weighted by atomic mass is 16.2. The Morgan fingerprint density at radius 2 is 1.25 bits per heavy atom. The molecule has 6 rings (SSSR count). The molecule has 1 aliphatic heterocycles. The van der Waals surface area contributed by atoms with Gasteiger partial charge in [0.1, 0.15) is 6.04 Å². The number of nitrogens with zero attached hydrogens (tertiary/aromatic N) is 3. The number of carbonyl (C=O) groups is 3. The van der Waals surface area contributed by atoms with E-state index in [1.54, 1.807) is 42.5 Å². The van der Waals surface area contributed by atoms with Gasteiger partial charge in [-0.2, -0.15) is 0 Å². The summed E-state index contributed by atoms with van der Waals surface area (Å²) in [7, 11) is 0. The first kappa shape index (κ1) is 21.6. The van der Waals surface area contributed by atoms with Gasteiger partial charge in [0.2, 0.25) is 5.91 Å². The van der Waals surface area contributed by atoms with Crippen LogP contribution in [0.4, 0.5) is 5.69 Å². The molecule has 0 bridgehead atoms. The van der Waals surface area contributed by atoms with E-state index in [9.17, 15) is 14.4 Å². The van der Waals surface area contributed by atoms with E-state index in [0.717, 1.165) is 21.5 Å². The normalized spacial score (nSPS) is 13.7. The zero-order chi connectivity index (χ0) is 24.6. The Morgan fingerprint density at radius 1 is 0.694 bits per heavy atom. The van der Waals surface area contributed by atoms with Crippen molar-refractivity contribution in [3.8, 4) is 0 Å². The van der Waals surface area contributed by atoms with E-state index in [1.165, 1.54) is 0 Å². The number of nitrogens with one attached hydrogen (secondary N) is 1. The van der Waals surface area contributed by atoms with Crippen LogP contribution in [0.5, 0.6) is 0 Å². The van der Waals surface area contributed by atoms with Crippen molar-refractivity contribution in [1.29, 1.82) is 0 Å². The van der Waals surface area contributed by atoms with Crippen molar-refractivity contribution in [1.82, 2.24) is 14.9 Å². The van der Waals surface area contributed by atoms with Gasteiger partial charge in [0.25, 0.3) is 11.8 Å². The van der Waals surface area contributed by atoms with Gasteiger partial charge >= 0.3 is 0 Å². The fourth-order valence-electron chi connectivity index (χ4n) is 4.55. The minimum absolute atomic E-state index is 0.191. The van der Waals surface area contributed by atoms with Crippen molar-refractivity contribution >= 4 is 45.5 Å². The second kappa shape index (κ2) is 8.70. The van der Waals surface area contributed by atoms with Gasteiger partial charge in [-0.3, -0.25) is 19.3 Å². The van der Waals surface area contributed by atoms with Gasteiger partial charge in [-0.15, -0.1) is 0 Å². The monoisotopic (exact) mass is 472 g/mol. The highest BCUT2D eigenvalue weighted by Gasteiger charge is 2.42. The average Bonchev–Trinajstić information content (AvgIpc) is 3.16. The summed E-state index contributed by atoms with van der Waals surface area (Å²) in [6, 6.07) is 27.8. The summed E-state index contributed by atoms with van der Waals surface area (Å²) in [6.07, 6.45) is 0.191. The molecule has 5 aromatic rings. The Hall–Kier alpha value is -4.91. The van der Waals surface area contributed by atoms with Gasteiger partial charge in [-0.1, -0.05) is 54.6 Å². The van der Waals surface area contributed by atoms with Crippen molar-refractivity contribution in [3.63, 3.8) is 0 Å². The number of amides is 3. The molecule has 1 N–H and O–H groups in total. The molecule has 3 amide bonds. The molecule has 0 radical (unpaired) electrons. The van der Waals surface area contributed by atoms with E-state index < -0.39 is 23.8 Å². The average molecular weight is 473 g/mol. The molecule has 1 aliphatic rings. The Kier molecular flexibility index (Phi) is 5.22. The largest absolute Gasteiger partial charge is 0.324 e. The van der Waals surface area contributed by atoms with Crippen molar-refractivity contribution < 1.29 is 14.4 Å². The summed E-state index contributed by atoms with van der Waals surface area (Å²) in [5.41, 5.74) is 4.83. The smallest absolute Gasteiger partial charge is 0.262 e. The van der Waals surface area contributed by atoms with Crippen LogP contribution in [0.15, 0.2) is 97.1 Å². The van der Waals surface area contributed by atoms with Crippen LogP contribution in [0.25, 0.3) is 22.1 Å². The third-order valence-corrected chi connectivity index (χ3v) is 6.32. The SMILES string of the molecule is O=C(Nc1ccc2nc3ccccc3nc2c1)C(Cc1ccccc1)N1C(=O)c2ccccc2C1=O. The molecule has 2 heterocycles. The maximum absolute atomic E-state index is 13.6. The van der Waals surface area contributed by atoms with Crippen molar-refractivity contribution in [2.45, 2.75) is 12.5 Å². The quantitative estimate of drug-likeness (QED) is 0.297. The highest BCUT2D eigenvalue weighted by Crippen LogP contribution is 2.27. The van der Waals surface area contributed by atoms with Crippen LogP contribution in [0.1, 0.15) is 26.3 Å². The maximum atomic E-state index is 13.6. The van der Waals surface area contributed by atoms with Crippen LogP contribution >= 0.6 is 0 Å². The van der Waals surface area contributed by atoms with Gasteiger partial charge in [0.05, 0.1) is 33.2 Å². The lowest BCUT2D eigenvalue weighted by Crippen LogP contribution is -2.48. The van der Waals surface area contributed by atoms with Crippen molar-refractivity contribution in [2.75, 3.05) is 5.32 Å². The minimum Gasteiger partial charge on any atom is -0.324 e. The predicted octanol–water partition coefficient (Wildman–Crippen LogP) is 4.63. The Bertz CT molecular complexity index is 1630. The Labute approximate surface area is 206 Å². The molecule has 1 atom stereocenters. The van der Waals surface area contributed by atoms with E-state index in [-0.39, 0.29) is 6.42 Å². The van der Waals surface area contributed by atoms with Gasteiger partial charge in [-0.25, -0.2) is 9.97 Å². The molecule has 0 fully saturated rings. The van der Waals surface area contributed by atoms with Crippen LogP contribution in [0.2, 0.25) is 0 Å². The lowest BCUT2D eigenvalue weighted by molar-refractivity contribution is -0.119. The molecule has 174 valence electrons. The Balaban J connectivity index is 1.34. The van der Waals surface area contributed by atoms with E-state index in [1.807, 2.05) is 54.6 Å². The fraction of sp³-hybridized carbons (Fsp3) is 0.0690. The molecule has 0 spiro atoms. The molecular weight excluding hydrogens is 452 g/mol. The van der Waals surface area contributed by atoms with Crippen LogP contribution in [0, 0.1) is 0 Å². The molecule has 1 aromatic heterocycles. The fourth-order valence-corrected chi connectivity index (χ4v) is 4.55. The zero-order valence-corrected chi connectivity index (χ0v) is 19.1. The molecule has 0 aliphatic carbocycles. The van der Waals surface area contributed by atoms with Crippen LogP contribution < -0.4 is 5.32 Å². The third-order valence-electron chi connectivity index (χ3n) is 6.32. The molecular formula is C29H20N4O3. The number of hydrogen-bond acceptors (Lipinski definition) is 5. The van der Waals surface area contributed by atoms with Crippen LogP contribution in [-0.2, 0) is 11.2 Å². The van der Waals surface area contributed by atoms with E-state index >= 15 is 0 Å². The summed E-state index contributed by atoms with van der Waals surface area (Å²) in [5.74, 6) is -1.40. The number of imide groups is 1. The van der Waals surface area contributed by atoms with Gasteiger partial charge in [0.15, 0.2) is 0 Å². The van der Waals surface area contributed by atoms with Gasteiger partial charge < -0.3 is 5.32 Å². The highest BCUT2D eigenvalue weighted by molar-refractivity contribution is 6.23. The molecule has 36 heavy (non-hydrogen) atoms. The summed E-state index contributed by atoms with van der Waals surface area (Å²) >= 11 is 0. The minimum atomic E-state index is -1.03. The molecule has 4 aromatic carbocycles. The number of anilines is 1. The van der Waals surface area contributed by atoms with Crippen LogP contribution in [0.3, 0.4) is 0 Å². The second-order valence-electron chi connectivity index (χ2n) is 8.64. The summed E-state index contributed by atoms with van der Waals surface area (Å²) < 4.78 is 0. The molecule has 0 saturated carbocycles. The van der Waals surface area contributed by atoms with E-state index in [4.69, 9.17) is 0 Å². The first-order valence-corrected chi connectivity index (χ1v) is 11.6. The first-order valence-electron chi connectivity index (χ1n) is 11.6. The van der Waals surface area contributed by atoms with Crippen LogP contribution in [-0.4, -0.2) is 38.6 Å². The number of aromatic nitrogens is 2. The molecule has 7 heteroatoms. The molecule has 0 saturated heterocycles. The lowest BCUT2D eigenvalue weighted by Gasteiger charge is -2.25. The topological polar surface area (TPSA) is 92.3 Å². The third kappa shape index (κ3) is 3.76. The molecule has 7 nitrogen and oxygen atoms in total. The second-order valence-corrected chi connectivity index (χ2v) is 8.64. The van der Waals surface area contributed by atoms with E-state index in [0.29, 0.717) is 27.8 Å². The van der Waals surface area contributed by atoms with Gasteiger partial charge in [0, 0.05) is 12.1 Å². The van der Waals surface area contributed by atoms with E-state index in [2.05, 4.69) is 15.3 Å². The van der Waals surface area contributed by atoms with Crippen molar-refractivity contribution in [2.24, 2.45) is 0 Å². The standard InChI is InChI=1S/C29H20N4O3/c34-27(30-19-14-15-24-25(17-19)32-23-13-7-6-12-22(23)31-24)26(16-18-8-2-1-3-9-18)33-28(35)20-10-4-5-11-21(20)29(33)36/h1-15,17,26H,16H2,(H,30,34). The number of benzene rings is 4. The molecule has 1 unspecified atom stereocenters. The number of hydrogen-bond donors (Lipinski definition) is 1. The predicted molar refractivity (Wildman–Crippen MR) is 137 cm³/mol. The summed E-state index contributed by atoms with van der Waals surface area (Å²) in [5, 5.41) is 2.89. The lowest BCUT2D eigenvalue weighted by atomic mass is 10.0. The number of carbonyl (C=O) groups excluding carboxylic acids is 3. The van der Waals surface area contributed by atoms with Crippen molar-refractivity contribution in [3.05, 3.63) is 114 Å². The number of fused-ring (bicyclic) bond motifs is 3. The zero-order valence-electron chi connectivity index (χ0n) is 19.1. The maximum Gasteiger partial charge on any atom is 0.262 e. The Morgan fingerprint density at radius 3 is 1.92 bits per heavy atom. The first-order chi connectivity index (χ1) is 17.6. The van der Waals surface area contributed by atoms with Gasteiger partial charge in [-0.05, 0) is 48.0 Å². The summed E-state index contributed by atoms with van der Waals surface area (Å²) in [4.78, 5) is 50.4. The summed E-state index contributed by atoms with van der Waals surface area (Å²) in [6.45, 7) is 0. The number of rotatable bonds is 5. The number of para-hydroxylation sites is 2.